The summed E-state index contributed by atoms with van der Waals surface area (Å²) in [7, 11) is 0. The molecule has 1 amide bonds. The lowest BCUT2D eigenvalue weighted by atomic mass is 10.2. The van der Waals surface area contributed by atoms with Crippen LogP contribution in [0, 0.1) is 0 Å². The van der Waals surface area contributed by atoms with Gasteiger partial charge in [-0.05, 0) is 52.3 Å². The molecule has 3 rings (SSSR count). The minimum absolute atomic E-state index is 0.293. The molecule has 0 aliphatic rings. The van der Waals surface area contributed by atoms with E-state index in [0.717, 1.165) is 15.8 Å². The van der Waals surface area contributed by atoms with Crippen molar-refractivity contribution in [1.29, 1.82) is 0 Å². The second-order valence-electron chi connectivity index (χ2n) is 4.89. The zero-order chi connectivity index (χ0) is 16.9. The number of benzene rings is 2. The van der Waals surface area contributed by atoms with E-state index in [1.54, 1.807) is 24.3 Å². The molecule has 1 N–H and O–H groups in total. The fraction of sp³-hybridized carbons (Fsp3) is 0. The predicted molar refractivity (Wildman–Crippen MR) is 101 cm³/mol. The summed E-state index contributed by atoms with van der Waals surface area (Å²) in [5, 5.41) is 3.93. The number of carbonyl (C=O) groups is 1. The molecule has 0 radical (unpaired) electrons. The Bertz CT molecular complexity index is 886. The molecule has 0 aliphatic carbocycles. The number of amides is 1. The number of nitrogens with zero attached hydrogens (tertiary/aromatic N) is 1. The first kappa shape index (κ1) is 16.7. The van der Waals surface area contributed by atoms with Gasteiger partial charge in [0.25, 0.3) is 5.91 Å². The molecule has 0 saturated heterocycles. The quantitative estimate of drug-likeness (QED) is 0.439. The third-order valence-electron chi connectivity index (χ3n) is 3.23. The van der Waals surface area contributed by atoms with Crippen LogP contribution in [-0.4, -0.2) is 12.1 Å². The molecular formula is C18H12Br2N2O2. The smallest absolute Gasteiger partial charge is 0.272 e. The van der Waals surface area contributed by atoms with E-state index in [2.05, 4.69) is 42.4 Å². The standard InChI is InChI=1S/C18H12Br2N2O2/c19-13-7-5-12(6-8-13)17-10-9-14(24-17)11-21-22-18(23)15-3-1-2-4-16(15)20/h1-11H,(H,22,23)/b21-11+. The molecular weight excluding hydrogens is 436 g/mol. The molecule has 120 valence electrons. The number of hydrazone groups is 1. The minimum Gasteiger partial charge on any atom is -0.455 e. The van der Waals surface area contributed by atoms with Gasteiger partial charge in [0, 0.05) is 14.5 Å². The molecule has 0 bridgehead atoms. The van der Waals surface area contributed by atoms with Gasteiger partial charge in [-0.2, -0.15) is 5.10 Å². The average Bonchev–Trinajstić information content (AvgIpc) is 3.04. The molecule has 0 saturated carbocycles. The van der Waals surface area contributed by atoms with Crippen LogP contribution in [0.2, 0.25) is 0 Å². The minimum atomic E-state index is -0.293. The molecule has 0 fully saturated rings. The van der Waals surface area contributed by atoms with Crippen molar-refractivity contribution >= 4 is 44.0 Å². The molecule has 1 aromatic heterocycles. The molecule has 0 unspecified atom stereocenters. The van der Waals surface area contributed by atoms with E-state index in [1.807, 2.05) is 36.4 Å². The van der Waals surface area contributed by atoms with Gasteiger partial charge in [0.1, 0.15) is 11.5 Å². The van der Waals surface area contributed by atoms with Crippen LogP contribution in [-0.2, 0) is 0 Å². The van der Waals surface area contributed by atoms with Gasteiger partial charge < -0.3 is 4.42 Å². The number of hydrogen-bond donors (Lipinski definition) is 1. The second-order valence-corrected chi connectivity index (χ2v) is 6.66. The number of halogens is 2. The highest BCUT2D eigenvalue weighted by Gasteiger charge is 2.08. The average molecular weight is 448 g/mol. The van der Waals surface area contributed by atoms with Gasteiger partial charge in [0.2, 0.25) is 0 Å². The van der Waals surface area contributed by atoms with Crippen LogP contribution in [0.15, 0.2) is 79.1 Å². The largest absolute Gasteiger partial charge is 0.455 e. The monoisotopic (exact) mass is 446 g/mol. The third kappa shape index (κ3) is 4.01. The van der Waals surface area contributed by atoms with E-state index in [1.165, 1.54) is 6.21 Å². The molecule has 24 heavy (non-hydrogen) atoms. The molecule has 1 heterocycles. The van der Waals surface area contributed by atoms with Gasteiger partial charge in [0.05, 0.1) is 11.8 Å². The Kier molecular flexibility index (Phi) is 5.27. The van der Waals surface area contributed by atoms with E-state index >= 15 is 0 Å². The topological polar surface area (TPSA) is 54.6 Å². The van der Waals surface area contributed by atoms with Crippen molar-refractivity contribution in [2.75, 3.05) is 0 Å². The summed E-state index contributed by atoms with van der Waals surface area (Å²) in [5.74, 6) is 1.000. The summed E-state index contributed by atoms with van der Waals surface area (Å²) in [4.78, 5) is 12.0. The summed E-state index contributed by atoms with van der Waals surface area (Å²) in [6.07, 6.45) is 1.47. The van der Waals surface area contributed by atoms with Crippen LogP contribution < -0.4 is 5.43 Å². The highest BCUT2D eigenvalue weighted by molar-refractivity contribution is 9.10. The number of furan rings is 1. The molecule has 0 spiro atoms. The van der Waals surface area contributed by atoms with Crippen molar-refractivity contribution in [3.05, 3.63) is 80.9 Å². The van der Waals surface area contributed by atoms with Crippen LogP contribution in [0.3, 0.4) is 0 Å². The Hall–Kier alpha value is -2.18. The van der Waals surface area contributed by atoms with Crippen molar-refractivity contribution < 1.29 is 9.21 Å². The highest BCUT2D eigenvalue weighted by Crippen LogP contribution is 2.23. The number of rotatable bonds is 4. The molecule has 0 atom stereocenters. The Morgan fingerprint density at radius 2 is 1.75 bits per heavy atom. The van der Waals surface area contributed by atoms with Gasteiger partial charge in [0.15, 0.2) is 0 Å². The number of nitrogens with one attached hydrogen (secondary N) is 1. The van der Waals surface area contributed by atoms with Gasteiger partial charge in [-0.25, -0.2) is 5.43 Å². The summed E-state index contributed by atoms with van der Waals surface area (Å²) >= 11 is 6.73. The second kappa shape index (κ2) is 7.59. The predicted octanol–water partition coefficient (Wildman–Crippen LogP) is 5.24. The lowest BCUT2D eigenvalue weighted by Gasteiger charge is -2.01. The molecule has 4 nitrogen and oxygen atoms in total. The number of hydrogen-bond acceptors (Lipinski definition) is 3. The summed E-state index contributed by atoms with van der Waals surface area (Å²) in [6.45, 7) is 0. The van der Waals surface area contributed by atoms with E-state index in [9.17, 15) is 4.79 Å². The fourth-order valence-corrected chi connectivity index (χ4v) is 2.78. The van der Waals surface area contributed by atoms with Gasteiger partial charge in [-0.15, -0.1) is 0 Å². The first-order chi connectivity index (χ1) is 11.6. The third-order valence-corrected chi connectivity index (χ3v) is 4.45. The first-order valence-corrected chi connectivity index (χ1v) is 8.66. The molecule has 0 aliphatic heterocycles. The van der Waals surface area contributed by atoms with Crippen LogP contribution >= 0.6 is 31.9 Å². The maximum atomic E-state index is 12.0. The fourth-order valence-electron chi connectivity index (χ4n) is 2.05. The van der Waals surface area contributed by atoms with Gasteiger partial charge >= 0.3 is 0 Å². The maximum absolute atomic E-state index is 12.0. The van der Waals surface area contributed by atoms with E-state index in [-0.39, 0.29) is 5.91 Å². The Labute approximate surface area is 155 Å². The Balaban J connectivity index is 1.66. The van der Waals surface area contributed by atoms with Crippen molar-refractivity contribution in [3.8, 4) is 11.3 Å². The lowest BCUT2D eigenvalue weighted by molar-refractivity contribution is 0.0954. The van der Waals surface area contributed by atoms with Crippen molar-refractivity contribution in [2.24, 2.45) is 5.10 Å². The van der Waals surface area contributed by atoms with Crippen molar-refractivity contribution in [1.82, 2.24) is 5.43 Å². The maximum Gasteiger partial charge on any atom is 0.272 e. The molecule has 2 aromatic carbocycles. The Morgan fingerprint density at radius 1 is 1.00 bits per heavy atom. The highest BCUT2D eigenvalue weighted by atomic mass is 79.9. The number of carbonyl (C=O) groups excluding carboxylic acids is 1. The summed E-state index contributed by atoms with van der Waals surface area (Å²) < 4.78 is 7.42. The van der Waals surface area contributed by atoms with Crippen LogP contribution in [0.5, 0.6) is 0 Å². The summed E-state index contributed by atoms with van der Waals surface area (Å²) in [6, 6.07) is 18.6. The lowest BCUT2D eigenvalue weighted by Crippen LogP contribution is -2.17. The molecule has 6 heteroatoms. The van der Waals surface area contributed by atoms with Crippen LogP contribution in [0.4, 0.5) is 0 Å². The van der Waals surface area contributed by atoms with Crippen molar-refractivity contribution in [3.63, 3.8) is 0 Å². The Morgan fingerprint density at radius 3 is 2.50 bits per heavy atom. The van der Waals surface area contributed by atoms with E-state index in [4.69, 9.17) is 4.42 Å². The van der Waals surface area contributed by atoms with Crippen LogP contribution in [0.25, 0.3) is 11.3 Å². The van der Waals surface area contributed by atoms with Gasteiger partial charge in [-0.1, -0.05) is 40.2 Å². The van der Waals surface area contributed by atoms with E-state index in [0.29, 0.717) is 15.8 Å². The normalized spacial score (nSPS) is 10.9. The van der Waals surface area contributed by atoms with Crippen LogP contribution in [0.1, 0.15) is 16.1 Å². The van der Waals surface area contributed by atoms with Gasteiger partial charge in [-0.3, -0.25) is 4.79 Å². The zero-order valence-corrected chi connectivity index (χ0v) is 15.5. The van der Waals surface area contributed by atoms with E-state index < -0.39 is 0 Å². The summed E-state index contributed by atoms with van der Waals surface area (Å²) in [5.41, 5.74) is 3.96. The zero-order valence-electron chi connectivity index (χ0n) is 12.4. The SMILES string of the molecule is O=C(N/N=C/c1ccc(-c2ccc(Br)cc2)o1)c1ccccc1Br. The molecule has 3 aromatic rings. The first-order valence-electron chi connectivity index (χ1n) is 7.07. The van der Waals surface area contributed by atoms with Crippen molar-refractivity contribution in [2.45, 2.75) is 0 Å².